The zero-order chi connectivity index (χ0) is 15.3. The quantitative estimate of drug-likeness (QED) is 0.724. The van der Waals surface area contributed by atoms with Gasteiger partial charge < -0.3 is 9.80 Å². The summed E-state index contributed by atoms with van der Waals surface area (Å²) in [6.45, 7) is 1.65. The molecule has 0 aromatic carbocycles. The molecule has 4 amide bonds. The highest BCUT2D eigenvalue weighted by Crippen LogP contribution is 2.36. The molecule has 1 aliphatic carbocycles. The molecule has 0 bridgehead atoms. The van der Waals surface area contributed by atoms with E-state index in [9.17, 15) is 18.8 Å². The van der Waals surface area contributed by atoms with Gasteiger partial charge in [-0.05, 0) is 18.9 Å². The highest BCUT2D eigenvalue weighted by molar-refractivity contribution is 6.02. The number of allylic oxidation sites excluding steroid dienone is 2. The lowest BCUT2D eigenvalue weighted by molar-refractivity contribution is -0.136. The van der Waals surface area contributed by atoms with Gasteiger partial charge in [0.1, 0.15) is 17.9 Å². The molecule has 3 unspecified atom stereocenters. The summed E-state index contributed by atoms with van der Waals surface area (Å²) in [5.74, 6) is -1.18. The number of hydrogen-bond donors (Lipinski definition) is 1. The fourth-order valence-electron chi connectivity index (χ4n) is 3.17. The van der Waals surface area contributed by atoms with Crippen LogP contribution in [-0.2, 0) is 9.59 Å². The first-order valence-electron chi connectivity index (χ1n) is 6.85. The van der Waals surface area contributed by atoms with E-state index in [0.29, 0.717) is 5.57 Å². The van der Waals surface area contributed by atoms with Crippen molar-refractivity contribution in [3.63, 3.8) is 0 Å². The van der Waals surface area contributed by atoms with E-state index in [2.05, 4.69) is 5.32 Å². The molecule has 0 aromatic rings. The van der Waals surface area contributed by atoms with Crippen LogP contribution in [0.25, 0.3) is 0 Å². The predicted molar refractivity (Wildman–Crippen MR) is 71.7 cm³/mol. The van der Waals surface area contributed by atoms with Gasteiger partial charge in [-0.2, -0.15) is 0 Å². The van der Waals surface area contributed by atoms with Gasteiger partial charge in [-0.15, -0.1) is 0 Å². The van der Waals surface area contributed by atoms with Crippen LogP contribution >= 0.6 is 0 Å². The number of piperidine rings is 1. The number of nitrogens with zero attached hydrogens (tertiary/aromatic N) is 2. The first-order chi connectivity index (χ1) is 9.91. The zero-order valence-electron chi connectivity index (χ0n) is 11.8. The molecule has 6 nitrogen and oxygen atoms in total. The van der Waals surface area contributed by atoms with Gasteiger partial charge in [0.2, 0.25) is 11.8 Å². The number of carbonyl (C=O) groups excluding carboxylic acids is 3. The van der Waals surface area contributed by atoms with Gasteiger partial charge in [0.15, 0.2) is 0 Å². The second-order valence-electron chi connectivity index (χ2n) is 5.59. The van der Waals surface area contributed by atoms with Crippen molar-refractivity contribution in [3.05, 3.63) is 23.6 Å². The maximum atomic E-state index is 14.3. The number of carbonyl (C=O) groups is 3. The second-order valence-corrected chi connectivity index (χ2v) is 5.59. The molecule has 7 heteroatoms. The summed E-state index contributed by atoms with van der Waals surface area (Å²) >= 11 is 0. The number of amides is 4. The van der Waals surface area contributed by atoms with Crippen molar-refractivity contribution in [2.24, 2.45) is 0 Å². The lowest BCUT2D eigenvalue weighted by atomic mass is 9.95. The Morgan fingerprint density at radius 2 is 2.05 bits per heavy atom. The van der Waals surface area contributed by atoms with Crippen LogP contribution in [0, 0.1) is 0 Å². The van der Waals surface area contributed by atoms with Crippen LogP contribution in [-0.4, -0.2) is 52.8 Å². The normalized spacial score (nSPS) is 32.7. The van der Waals surface area contributed by atoms with Gasteiger partial charge in [-0.1, -0.05) is 12.2 Å². The Morgan fingerprint density at radius 1 is 1.33 bits per heavy atom. The number of halogens is 1. The summed E-state index contributed by atoms with van der Waals surface area (Å²) in [5.41, 5.74) is 0.487. The highest BCUT2D eigenvalue weighted by atomic mass is 19.1. The largest absolute Gasteiger partial charge is 0.321 e. The Bertz CT molecular complexity index is 598. The molecular formula is C14H16FN3O3. The van der Waals surface area contributed by atoms with Gasteiger partial charge in [0.05, 0.1) is 6.04 Å². The fourth-order valence-corrected chi connectivity index (χ4v) is 3.17. The molecule has 0 spiro atoms. The molecule has 2 aliphatic heterocycles. The van der Waals surface area contributed by atoms with E-state index in [1.54, 1.807) is 19.1 Å². The smallest absolute Gasteiger partial charge is 0.316 e. The van der Waals surface area contributed by atoms with Gasteiger partial charge in [-0.3, -0.25) is 14.9 Å². The van der Waals surface area contributed by atoms with Crippen LogP contribution in [0.4, 0.5) is 9.18 Å². The molecule has 2 heterocycles. The van der Waals surface area contributed by atoms with Gasteiger partial charge in [-0.25, -0.2) is 9.18 Å². The SMILES string of the molecule is CC1=C(F)C2C(C=C1)N(C1CCC(=O)NC1=O)C(=O)N2C. The summed E-state index contributed by atoms with van der Waals surface area (Å²) in [7, 11) is 1.53. The number of likely N-dealkylation sites (N-methyl/N-ethyl adjacent to an activating group) is 1. The van der Waals surface area contributed by atoms with E-state index in [0.717, 1.165) is 0 Å². The summed E-state index contributed by atoms with van der Waals surface area (Å²) < 4.78 is 14.3. The Balaban J connectivity index is 1.94. The molecule has 3 rings (SSSR count). The summed E-state index contributed by atoms with van der Waals surface area (Å²) in [6, 6.07) is -2.35. The van der Waals surface area contributed by atoms with Crippen LogP contribution in [0.3, 0.4) is 0 Å². The summed E-state index contributed by atoms with van der Waals surface area (Å²) in [5, 5.41) is 2.24. The Labute approximate surface area is 121 Å². The molecular weight excluding hydrogens is 277 g/mol. The fraction of sp³-hybridized carbons (Fsp3) is 0.500. The van der Waals surface area contributed by atoms with Crippen LogP contribution in [0.15, 0.2) is 23.6 Å². The average molecular weight is 293 g/mol. The topological polar surface area (TPSA) is 69.7 Å². The number of hydrogen-bond acceptors (Lipinski definition) is 3. The van der Waals surface area contributed by atoms with E-state index in [1.807, 2.05) is 0 Å². The van der Waals surface area contributed by atoms with Crippen LogP contribution in [0.1, 0.15) is 19.8 Å². The molecule has 0 aromatic heterocycles. The zero-order valence-corrected chi connectivity index (χ0v) is 11.8. The van der Waals surface area contributed by atoms with Crippen molar-refractivity contribution < 1.29 is 18.8 Å². The van der Waals surface area contributed by atoms with Crippen molar-refractivity contribution in [2.75, 3.05) is 7.05 Å². The third kappa shape index (κ3) is 1.95. The number of imide groups is 1. The Kier molecular flexibility index (Phi) is 3.07. The molecule has 0 radical (unpaired) electrons. The van der Waals surface area contributed by atoms with E-state index < -0.39 is 30.1 Å². The Hall–Kier alpha value is -2.18. The molecule has 21 heavy (non-hydrogen) atoms. The molecule has 112 valence electrons. The molecule has 0 saturated carbocycles. The summed E-state index contributed by atoms with van der Waals surface area (Å²) in [6.07, 6.45) is 3.82. The summed E-state index contributed by atoms with van der Waals surface area (Å²) in [4.78, 5) is 38.3. The maximum Gasteiger partial charge on any atom is 0.321 e. The lowest BCUT2D eigenvalue weighted by Crippen LogP contribution is -2.55. The van der Waals surface area contributed by atoms with Gasteiger partial charge >= 0.3 is 6.03 Å². The molecule has 2 saturated heterocycles. The maximum absolute atomic E-state index is 14.3. The predicted octanol–water partition coefficient (Wildman–Crippen LogP) is 0.709. The minimum absolute atomic E-state index is 0.183. The van der Waals surface area contributed by atoms with Crippen LogP contribution in [0.2, 0.25) is 0 Å². The van der Waals surface area contributed by atoms with E-state index in [4.69, 9.17) is 0 Å². The van der Waals surface area contributed by atoms with Crippen molar-refractivity contribution in [1.29, 1.82) is 0 Å². The highest BCUT2D eigenvalue weighted by Gasteiger charge is 2.51. The monoisotopic (exact) mass is 293 g/mol. The standard InChI is InChI=1S/C14H16FN3O3/c1-7-3-4-8-12(11(7)15)17(2)14(21)18(8)9-5-6-10(19)16-13(9)20/h3-4,8-9,12H,5-6H2,1-2H3,(H,16,19,20). The Morgan fingerprint density at radius 3 is 2.71 bits per heavy atom. The van der Waals surface area contributed by atoms with Crippen molar-refractivity contribution in [1.82, 2.24) is 15.1 Å². The second kappa shape index (κ2) is 4.68. The lowest BCUT2D eigenvalue weighted by Gasteiger charge is -2.33. The number of urea groups is 1. The molecule has 1 N–H and O–H groups in total. The van der Waals surface area contributed by atoms with E-state index in [-0.39, 0.29) is 24.6 Å². The first-order valence-corrected chi connectivity index (χ1v) is 6.85. The molecule has 3 aliphatic rings. The van der Waals surface area contributed by atoms with E-state index >= 15 is 0 Å². The number of fused-ring (bicyclic) bond motifs is 1. The third-order valence-corrected chi connectivity index (χ3v) is 4.31. The van der Waals surface area contributed by atoms with E-state index in [1.165, 1.54) is 16.8 Å². The van der Waals surface area contributed by atoms with Crippen molar-refractivity contribution >= 4 is 17.8 Å². The molecule has 3 atom stereocenters. The molecule has 2 fully saturated rings. The number of rotatable bonds is 1. The van der Waals surface area contributed by atoms with Crippen LogP contribution in [0.5, 0.6) is 0 Å². The van der Waals surface area contributed by atoms with Crippen molar-refractivity contribution in [3.8, 4) is 0 Å². The number of nitrogens with one attached hydrogen (secondary N) is 1. The minimum atomic E-state index is -0.733. The van der Waals surface area contributed by atoms with Crippen LogP contribution < -0.4 is 5.32 Å². The van der Waals surface area contributed by atoms with Crippen molar-refractivity contribution in [2.45, 2.75) is 37.9 Å². The first kappa shape index (κ1) is 13.8. The average Bonchev–Trinajstić information content (AvgIpc) is 2.68. The van der Waals surface area contributed by atoms with Gasteiger partial charge in [0.25, 0.3) is 0 Å². The third-order valence-electron chi connectivity index (χ3n) is 4.31. The minimum Gasteiger partial charge on any atom is -0.316 e. The van der Waals surface area contributed by atoms with Gasteiger partial charge in [0, 0.05) is 13.5 Å².